The van der Waals surface area contributed by atoms with E-state index in [9.17, 15) is 4.79 Å². The normalized spacial score (nSPS) is 15.0. The van der Waals surface area contributed by atoms with Gasteiger partial charge in [0.2, 0.25) is 0 Å². The highest BCUT2D eigenvalue weighted by Crippen LogP contribution is 2.28. The Hall–Kier alpha value is -3.48. The van der Waals surface area contributed by atoms with Crippen LogP contribution in [0.1, 0.15) is 28.0 Å². The molecule has 1 saturated heterocycles. The third-order valence-electron chi connectivity index (χ3n) is 5.66. The van der Waals surface area contributed by atoms with Crippen LogP contribution in [-0.2, 0) is 0 Å². The molecule has 7 heteroatoms. The summed E-state index contributed by atoms with van der Waals surface area (Å²) in [6, 6.07) is 10.4. The number of rotatable bonds is 2. The molecule has 1 fully saturated rings. The van der Waals surface area contributed by atoms with Crippen LogP contribution in [0.3, 0.4) is 0 Å². The SMILES string of the molecule is Cc1cnc2c(C(=O)N3CCCN(c4cc(C)nc5ccccc45)CC3)cnn2c1. The summed E-state index contributed by atoms with van der Waals surface area (Å²) in [6.45, 7) is 7.07. The van der Waals surface area contributed by atoms with Gasteiger partial charge in [-0.25, -0.2) is 9.50 Å². The van der Waals surface area contributed by atoms with Crippen molar-refractivity contribution in [2.45, 2.75) is 20.3 Å². The Morgan fingerprint density at radius 2 is 1.90 bits per heavy atom. The first-order valence-electron chi connectivity index (χ1n) is 10.3. The standard InChI is InChI=1S/C23H24N6O/c1-16-13-24-22-19(14-25-29(22)15-16)23(30)28-9-5-8-27(10-11-28)21-12-17(2)26-20-7-4-3-6-18(20)21/h3-4,6-7,12-15H,5,8-11H2,1-2H3. The second-order valence-corrected chi connectivity index (χ2v) is 7.89. The van der Waals surface area contributed by atoms with Crippen LogP contribution in [0.2, 0.25) is 0 Å². The Bertz CT molecular complexity index is 1250. The first-order chi connectivity index (χ1) is 14.6. The third kappa shape index (κ3) is 3.26. The van der Waals surface area contributed by atoms with E-state index in [1.807, 2.05) is 31.0 Å². The van der Waals surface area contributed by atoms with Crippen molar-refractivity contribution >= 4 is 28.1 Å². The van der Waals surface area contributed by atoms with Gasteiger partial charge in [0.25, 0.3) is 5.91 Å². The highest BCUT2D eigenvalue weighted by Gasteiger charge is 2.24. The number of carbonyl (C=O) groups excluding carboxylic acids is 1. The summed E-state index contributed by atoms with van der Waals surface area (Å²) in [7, 11) is 0. The summed E-state index contributed by atoms with van der Waals surface area (Å²) in [5.41, 5.74) is 5.40. The first kappa shape index (κ1) is 18.5. The maximum Gasteiger partial charge on any atom is 0.259 e. The van der Waals surface area contributed by atoms with Crippen LogP contribution in [0.4, 0.5) is 5.69 Å². The Morgan fingerprint density at radius 3 is 2.80 bits per heavy atom. The van der Waals surface area contributed by atoms with Gasteiger partial charge >= 0.3 is 0 Å². The minimum Gasteiger partial charge on any atom is -0.369 e. The predicted octanol–water partition coefficient (Wildman–Crippen LogP) is 3.25. The Labute approximate surface area is 175 Å². The zero-order valence-electron chi connectivity index (χ0n) is 17.2. The molecule has 30 heavy (non-hydrogen) atoms. The molecule has 1 aliphatic rings. The van der Waals surface area contributed by atoms with Crippen molar-refractivity contribution in [2.24, 2.45) is 0 Å². The number of hydrogen-bond donors (Lipinski definition) is 0. The van der Waals surface area contributed by atoms with Crippen LogP contribution in [-0.4, -0.2) is 56.6 Å². The molecule has 1 amide bonds. The van der Waals surface area contributed by atoms with Crippen molar-refractivity contribution in [3.05, 3.63) is 65.7 Å². The van der Waals surface area contributed by atoms with Crippen molar-refractivity contribution in [3.63, 3.8) is 0 Å². The summed E-state index contributed by atoms with van der Waals surface area (Å²) in [4.78, 5) is 26.6. The largest absolute Gasteiger partial charge is 0.369 e. The number of hydrogen-bond acceptors (Lipinski definition) is 5. The van der Waals surface area contributed by atoms with Crippen LogP contribution in [0.25, 0.3) is 16.6 Å². The van der Waals surface area contributed by atoms with Crippen LogP contribution in [0.15, 0.2) is 48.9 Å². The summed E-state index contributed by atoms with van der Waals surface area (Å²) in [6.07, 6.45) is 6.20. The molecule has 0 radical (unpaired) electrons. The number of fused-ring (bicyclic) bond motifs is 2. The van der Waals surface area contributed by atoms with Gasteiger partial charge in [-0.3, -0.25) is 9.78 Å². The summed E-state index contributed by atoms with van der Waals surface area (Å²) in [5, 5.41) is 5.47. The summed E-state index contributed by atoms with van der Waals surface area (Å²) in [5.74, 6) is -0.000954. The van der Waals surface area contributed by atoms with Gasteiger partial charge in [0.15, 0.2) is 5.65 Å². The Kier molecular flexibility index (Phi) is 4.58. The fraction of sp³-hybridized carbons (Fsp3) is 0.304. The van der Waals surface area contributed by atoms with Crippen LogP contribution >= 0.6 is 0 Å². The molecule has 1 aliphatic heterocycles. The van der Waals surface area contributed by atoms with E-state index in [1.54, 1.807) is 16.9 Å². The van der Waals surface area contributed by atoms with Gasteiger partial charge in [-0.05, 0) is 38.0 Å². The topological polar surface area (TPSA) is 66.6 Å². The van der Waals surface area contributed by atoms with E-state index in [1.165, 1.54) is 5.69 Å². The van der Waals surface area contributed by atoms with Gasteiger partial charge in [-0.2, -0.15) is 5.10 Å². The lowest BCUT2D eigenvalue weighted by atomic mass is 10.1. The van der Waals surface area contributed by atoms with Crippen LogP contribution < -0.4 is 4.90 Å². The van der Waals surface area contributed by atoms with Gasteiger partial charge in [-0.1, -0.05) is 18.2 Å². The van der Waals surface area contributed by atoms with E-state index < -0.39 is 0 Å². The van der Waals surface area contributed by atoms with Gasteiger partial charge in [-0.15, -0.1) is 0 Å². The van der Waals surface area contributed by atoms with E-state index in [2.05, 4.69) is 44.2 Å². The summed E-state index contributed by atoms with van der Waals surface area (Å²) < 4.78 is 1.68. The number of benzene rings is 1. The maximum absolute atomic E-state index is 13.2. The fourth-order valence-corrected chi connectivity index (χ4v) is 4.20. The Morgan fingerprint density at radius 1 is 1.03 bits per heavy atom. The molecule has 7 nitrogen and oxygen atoms in total. The lowest BCUT2D eigenvalue weighted by molar-refractivity contribution is 0.0768. The first-order valence-corrected chi connectivity index (χ1v) is 10.3. The molecular weight excluding hydrogens is 376 g/mol. The van der Waals surface area contributed by atoms with E-state index in [0.29, 0.717) is 17.8 Å². The monoisotopic (exact) mass is 400 g/mol. The number of carbonyl (C=O) groups is 1. The lowest BCUT2D eigenvalue weighted by Crippen LogP contribution is -2.35. The van der Waals surface area contributed by atoms with Crippen molar-refractivity contribution in [1.82, 2.24) is 24.5 Å². The number of aromatic nitrogens is 4. The summed E-state index contributed by atoms with van der Waals surface area (Å²) >= 11 is 0. The number of anilines is 1. The molecule has 3 aromatic heterocycles. The molecule has 0 N–H and O–H groups in total. The van der Waals surface area contributed by atoms with Crippen molar-refractivity contribution in [1.29, 1.82) is 0 Å². The predicted molar refractivity (Wildman–Crippen MR) is 117 cm³/mol. The Balaban J connectivity index is 1.40. The molecule has 0 saturated carbocycles. The van der Waals surface area contributed by atoms with Crippen molar-refractivity contribution in [2.75, 3.05) is 31.1 Å². The average molecular weight is 400 g/mol. The minimum absolute atomic E-state index is 0.000954. The van der Waals surface area contributed by atoms with Gasteiger partial charge in [0, 0.05) is 55.3 Å². The molecular formula is C23H24N6O. The second kappa shape index (κ2) is 7.40. The molecule has 4 heterocycles. The number of pyridine rings is 1. The minimum atomic E-state index is -0.000954. The number of para-hydroxylation sites is 1. The molecule has 0 unspecified atom stereocenters. The van der Waals surface area contributed by atoms with Gasteiger partial charge < -0.3 is 9.80 Å². The van der Waals surface area contributed by atoms with Crippen molar-refractivity contribution in [3.8, 4) is 0 Å². The molecule has 5 rings (SSSR count). The molecule has 0 bridgehead atoms. The zero-order valence-corrected chi connectivity index (χ0v) is 17.2. The zero-order chi connectivity index (χ0) is 20.7. The number of nitrogens with zero attached hydrogens (tertiary/aromatic N) is 6. The molecule has 4 aromatic rings. The van der Waals surface area contributed by atoms with E-state index >= 15 is 0 Å². The smallest absolute Gasteiger partial charge is 0.259 e. The van der Waals surface area contributed by atoms with Crippen LogP contribution in [0.5, 0.6) is 0 Å². The number of amides is 1. The number of aryl methyl sites for hydroxylation is 2. The highest BCUT2D eigenvalue weighted by atomic mass is 16.2. The molecule has 0 spiro atoms. The molecule has 0 atom stereocenters. The fourth-order valence-electron chi connectivity index (χ4n) is 4.20. The van der Waals surface area contributed by atoms with Crippen molar-refractivity contribution < 1.29 is 4.79 Å². The van der Waals surface area contributed by atoms with E-state index in [0.717, 1.165) is 48.2 Å². The average Bonchev–Trinajstić information content (AvgIpc) is 3.00. The highest BCUT2D eigenvalue weighted by molar-refractivity contribution is 5.99. The molecule has 1 aromatic carbocycles. The van der Waals surface area contributed by atoms with E-state index in [-0.39, 0.29) is 5.91 Å². The lowest BCUT2D eigenvalue weighted by Gasteiger charge is -2.25. The van der Waals surface area contributed by atoms with Crippen LogP contribution in [0, 0.1) is 13.8 Å². The van der Waals surface area contributed by atoms with Gasteiger partial charge in [0.1, 0.15) is 5.56 Å². The maximum atomic E-state index is 13.2. The quantitative estimate of drug-likeness (QED) is 0.517. The second-order valence-electron chi connectivity index (χ2n) is 7.89. The molecule has 152 valence electrons. The molecule has 0 aliphatic carbocycles. The van der Waals surface area contributed by atoms with Gasteiger partial charge in [0.05, 0.1) is 11.7 Å². The third-order valence-corrected chi connectivity index (χ3v) is 5.66. The van der Waals surface area contributed by atoms with E-state index in [4.69, 9.17) is 0 Å².